The zero-order valence-electron chi connectivity index (χ0n) is 15.7. The summed E-state index contributed by atoms with van der Waals surface area (Å²) >= 11 is 0. The van der Waals surface area contributed by atoms with Gasteiger partial charge in [0.15, 0.2) is 6.10 Å². The molecule has 1 atom stereocenters. The molecule has 0 radical (unpaired) electrons. The maximum atomic E-state index is 12.3. The number of benzene rings is 2. The molecule has 0 heterocycles. The Hall–Kier alpha value is -3.33. The predicted molar refractivity (Wildman–Crippen MR) is 104 cm³/mol. The highest BCUT2D eigenvalue weighted by Gasteiger charge is 2.16. The first-order chi connectivity index (χ1) is 13.0. The summed E-state index contributed by atoms with van der Waals surface area (Å²) in [4.78, 5) is 26.3. The van der Waals surface area contributed by atoms with E-state index in [0.717, 1.165) is 0 Å². The number of ether oxygens (including phenoxy) is 1. The third-order valence-electron chi connectivity index (χ3n) is 4.12. The van der Waals surface area contributed by atoms with Gasteiger partial charge in [0.2, 0.25) is 0 Å². The van der Waals surface area contributed by atoms with Crippen LogP contribution in [0.2, 0.25) is 0 Å². The molecular formula is C21H23N3O3. The summed E-state index contributed by atoms with van der Waals surface area (Å²) in [6.07, 6.45) is -0.713. The van der Waals surface area contributed by atoms with Crippen molar-refractivity contribution in [3.8, 4) is 11.8 Å². The van der Waals surface area contributed by atoms with E-state index in [1.54, 1.807) is 60.4 Å². The fourth-order valence-corrected chi connectivity index (χ4v) is 2.50. The quantitative estimate of drug-likeness (QED) is 0.815. The van der Waals surface area contributed by atoms with Gasteiger partial charge in [-0.2, -0.15) is 5.26 Å². The van der Waals surface area contributed by atoms with E-state index in [4.69, 9.17) is 10.00 Å². The third kappa shape index (κ3) is 5.32. The summed E-state index contributed by atoms with van der Waals surface area (Å²) in [5.74, 6) is 0.175. The van der Waals surface area contributed by atoms with Crippen LogP contribution in [0.1, 0.15) is 36.7 Å². The first-order valence-electron chi connectivity index (χ1n) is 8.85. The average Bonchev–Trinajstić information content (AvgIpc) is 2.70. The molecule has 1 unspecified atom stereocenters. The van der Waals surface area contributed by atoms with E-state index in [2.05, 4.69) is 5.32 Å². The molecular weight excluding hydrogens is 342 g/mol. The van der Waals surface area contributed by atoms with E-state index in [1.165, 1.54) is 0 Å². The summed E-state index contributed by atoms with van der Waals surface area (Å²) in [5, 5.41) is 11.6. The molecule has 2 aromatic carbocycles. The van der Waals surface area contributed by atoms with Crippen molar-refractivity contribution in [2.75, 3.05) is 18.4 Å². The van der Waals surface area contributed by atoms with Crippen molar-refractivity contribution in [3.05, 3.63) is 59.7 Å². The molecule has 0 aliphatic heterocycles. The fourth-order valence-electron chi connectivity index (χ4n) is 2.50. The van der Waals surface area contributed by atoms with Crippen LogP contribution in [-0.4, -0.2) is 35.9 Å². The van der Waals surface area contributed by atoms with Crippen molar-refractivity contribution < 1.29 is 14.3 Å². The van der Waals surface area contributed by atoms with Gasteiger partial charge in [0.25, 0.3) is 11.8 Å². The van der Waals surface area contributed by atoms with Crippen LogP contribution in [0, 0.1) is 11.3 Å². The summed E-state index contributed by atoms with van der Waals surface area (Å²) in [7, 11) is 0. The van der Waals surface area contributed by atoms with Gasteiger partial charge in [0.05, 0.1) is 11.6 Å². The van der Waals surface area contributed by atoms with Gasteiger partial charge in [-0.15, -0.1) is 0 Å². The number of nitriles is 1. The molecule has 0 saturated carbocycles. The van der Waals surface area contributed by atoms with Crippen molar-refractivity contribution in [3.63, 3.8) is 0 Å². The Balaban J connectivity index is 1.96. The Morgan fingerprint density at radius 3 is 2.19 bits per heavy atom. The minimum Gasteiger partial charge on any atom is -0.481 e. The Labute approximate surface area is 159 Å². The molecule has 2 rings (SSSR count). The smallest absolute Gasteiger partial charge is 0.265 e. The molecule has 6 heteroatoms. The third-order valence-corrected chi connectivity index (χ3v) is 4.12. The molecule has 0 bridgehead atoms. The first kappa shape index (κ1) is 20.0. The van der Waals surface area contributed by atoms with Gasteiger partial charge in [0, 0.05) is 24.3 Å². The molecule has 2 amide bonds. The lowest BCUT2D eigenvalue weighted by molar-refractivity contribution is -0.122. The van der Waals surface area contributed by atoms with E-state index < -0.39 is 6.10 Å². The number of amides is 2. The summed E-state index contributed by atoms with van der Waals surface area (Å²) in [6.45, 7) is 6.82. The largest absolute Gasteiger partial charge is 0.481 e. The van der Waals surface area contributed by atoms with Crippen LogP contribution in [0.5, 0.6) is 5.75 Å². The van der Waals surface area contributed by atoms with E-state index >= 15 is 0 Å². The molecule has 0 aromatic heterocycles. The summed E-state index contributed by atoms with van der Waals surface area (Å²) < 4.78 is 5.59. The van der Waals surface area contributed by atoms with Crippen LogP contribution in [0.3, 0.4) is 0 Å². The van der Waals surface area contributed by atoms with Gasteiger partial charge in [-0.1, -0.05) is 0 Å². The molecule has 2 aromatic rings. The van der Waals surface area contributed by atoms with Crippen LogP contribution in [0.25, 0.3) is 0 Å². The van der Waals surface area contributed by atoms with E-state index in [-0.39, 0.29) is 11.8 Å². The van der Waals surface area contributed by atoms with E-state index in [9.17, 15) is 9.59 Å². The summed E-state index contributed by atoms with van der Waals surface area (Å²) in [6, 6.07) is 15.4. The lowest BCUT2D eigenvalue weighted by Gasteiger charge is -2.19. The molecule has 6 nitrogen and oxygen atoms in total. The Morgan fingerprint density at radius 1 is 1.07 bits per heavy atom. The monoisotopic (exact) mass is 365 g/mol. The molecule has 0 fully saturated rings. The number of carbonyl (C=O) groups excluding carboxylic acids is 2. The maximum Gasteiger partial charge on any atom is 0.265 e. The number of anilines is 1. The van der Waals surface area contributed by atoms with Gasteiger partial charge < -0.3 is 15.0 Å². The van der Waals surface area contributed by atoms with Gasteiger partial charge in [-0.25, -0.2) is 0 Å². The SMILES string of the molecule is CCN(CC)C(=O)c1ccc(NC(=O)C(C)Oc2ccc(C#N)cc2)cc1. The average molecular weight is 365 g/mol. The second kappa shape index (κ2) is 9.39. The van der Waals surface area contributed by atoms with Crippen molar-refractivity contribution in [2.45, 2.75) is 26.9 Å². The van der Waals surface area contributed by atoms with Crippen molar-refractivity contribution in [2.24, 2.45) is 0 Å². The van der Waals surface area contributed by atoms with Gasteiger partial charge in [-0.05, 0) is 69.3 Å². The van der Waals surface area contributed by atoms with Crippen molar-refractivity contribution in [1.29, 1.82) is 5.26 Å². The minimum atomic E-state index is -0.713. The molecule has 0 aliphatic carbocycles. The molecule has 1 N–H and O–H groups in total. The Morgan fingerprint density at radius 2 is 1.67 bits per heavy atom. The molecule has 0 saturated heterocycles. The maximum absolute atomic E-state index is 12.3. The standard InChI is InChI=1S/C21H23N3O3/c1-4-24(5-2)21(26)17-8-10-18(11-9-17)23-20(25)15(3)27-19-12-6-16(14-22)7-13-19/h6-13,15H,4-5H2,1-3H3,(H,23,25). The number of carbonyl (C=O) groups is 2. The van der Waals surface area contributed by atoms with Crippen LogP contribution < -0.4 is 10.1 Å². The number of rotatable bonds is 7. The molecule has 140 valence electrons. The minimum absolute atomic E-state index is 0.0320. The van der Waals surface area contributed by atoms with Crippen LogP contribution in [0.15, 0.2) is 48.5 Å². The topological polar surface area (TPSA) is 82.4 Å². The van der Waals surface area contributed by atoms with Crippen molar-refractivity contribution in [1.82, 2.24) is 4.90 Å². The lowest BCUT2D eigenvalue weighted by atomic mass is 10.1. The van der Waals surface area contributed by atoms with Crippen molar-refractivity contribution >= 4 is 17.5 Å². The van der Waals surface area contributed by atoms with E-state index in [0.29, 0.717) is 35.7 Å². The van der Waals surface area contributed by atoms with Crippen LogP contribution in [0.4, 0.5) is 5.69 Å². The highest BCUT2D eigenvalue weighted by molar-refractivity contribution is 5.96. The van der Waals surface area contributed by atoms with Crippen LogP contribution >= 0.6 is 0 Å². The van der Waals surface area contributed by atoms with Gasteiger partial charge in [-0.3, -0.25) is 9.59 Å². The van der Waals surface area contributed by atoms with Crippen LogP contribution in [-0.2, 0) is 4.79 Å². The predicted octanol–water partition coefficient (Wildman–Crippen LogP) is 3.45. The number of nitrogens with one attached hydrogen (secondary N) is 1. The molecule has 0 spiro atoms. The highest BCUT2D eigenvalue weighted by atomic mass is 16.5. The van der Waals surface area contributed by atoms with E-state index in [1.807, 2.05) is 19.9 Å². The first-order valence-corrected chi connectivity index (χ1v) is 8.85. The fraction of sp³-hybridized carbons (Fsp3) is 0.286. The number of nitrogens with zero attached hydrogens (tertiary/aromatic N) is 2. The Bertz CT molecular complexity index is 819. The zero-order valence-corrected chi connectivity index (χ0v) is 15.7. The lowest BCUT2D eigenvalue weighted by Crippen LogP contribution is -2.31. The van der Waals surface area contributed by atoms with Gasteiger partial charge in [0.1, 0.15) is 5.75 Å². The second-order valence-corrected chi connectivity index (χ2v) is 5.94. The molecule has 0 aliphatic rings. The molecule has 27 heavy (non-hydrogen) atoms. The highest BCUT2D eigenvalue weighted by Crippen LogP contribution is 2.16. The number of hydrogen-bond donors (Lipinski definition) is 1. The normalized spacial score (nSPS) is 11.2. The van der Waals surface area contributed by atoms with Gasteiger partial charge >= 0.3 is 0 Å². The number of hydrogen-bond acceptors (Lipinski definition) is 4. The second-order valence-electron chi connectivity index (χ2n) is 5.94. The summed E-state index contributed by atoms with van der Waals surface area (Å²) in [5.41, 5.74) is 1.70. The Kier molecular flexibility index (Phi) is 6.95. The zero-order chi connectivity index (χ0) is 19.8.